The number of aromatic nitrogens is 1. The van der Waals surface area contributed by atoms with Crippen LogP contribution in [0.1, 0.15) is 10.4 Å². The van der Waals surface area contributed by atoms with E-state index in [-0.39, 0.29) is 11.1 Å². The third-order valence-electron chi connectivity index (χ3n) is 2.32. The molecular weight excluding hydrogens is 223 g/mol. The van der Waals surface area contributed by atoms with E-state index < -0.39 is 11.7 Å². The molecule has 0 bridgehead atoms. The Morgan fingerprint density at radius 2 is 2.00 bits per heavy atom. The number of halogens is 1. The fourth-order valence-corrected chi connectivity index (χ4v) is 1.49. The molecule has 1 heterocycles. The SMILES string of the molecule is NC(=O)c1ccc(-n2ccccc2=O)cc1F. The normalized spacial score (nSPS) is 10.2. The smallest absolute Gasteiger partial charge is 0.255 e. The second-order valence-electron chi connectivity index (χ2n) is 3.44. The molecule has 0 saturated heterocycles. The van der Waals surface area contributed by atoms with Crippen LogP contribution in [0.15, 0.2) is 47.4 Å². The Hall–Kier alpha value is -2.43. The van der Waals surface area contributed by atoms with E-state index in [1.807, 2.05) is 0 Å². The fourth-order valence-electron chi connectivity index (χ4n) is 1.49. The van der Waals surface area contributed by atoms with Gasteiger partial charge in [-0.25, -0.2) is 4.39 Å². The number of nitrogens with zero attached hydrogens (tertiary/aromatic N) is 1. The second-order valence-corrected chi connectivity index (χ2v) is 3.44. The van der Waals surface area contributed by atoms with Gasteiger partial charge < -0.3 is 5.73 Å². The second kappa shape index (κ2) is 4.21. The highest BCUT2D eigenvalue weighted by molar-refractivity contribution is 5.93. The number of primary amides is 1. The van der Waals surface area contributed by atoms with Crippen LogP contribution >= 0.6 is 0 Å². The first-order chi connectivity index (χ1) is 8.09. The first-order valence-electron chi connectivity index (χ1n) is 4.87. The monoisotopic (exact) mass is 232 g/mol. The molecule has 0 unspecified atom stereocenters. The lowest BCUT2D eigenvalue weighted by atomic mass is 10.2. The van der Waals surface area contributed by atoms with Crippen molar-refractivity contribution in [2.24, 2.45) is 5.73 Å². The number of carbonyl (C=O) groups excluding carboxylic acids is 1. The molecule has 0 spiro atoms. The Balaban J connectivity index is 2.56. The summed E-state index contributed by atoms with van der Waals surface area (Å²) in [5.74, 6) is -1.58. The van der Waals surface area contributed by atoms with Crippen molar-refractivity contribution >= 4 is 5.91 Å². The molecule has 1 aromatic heterocycles. The van der Waals surface area contributed by atoms with E-state index in [2.05, 4.69) is 0 Å². The van der Waals surface area contributed by atoms with Crippen molar-refractivity contribution in [2.45, 2.75) is 0 Å². The Morgan fingerprint density at radius 3 is 2.59 bits per heavy atom. The molecule has 2 rings (SSSR count). The summed E-state index contributed by atoms with van der Waals surface area (Å²) < 4.78 is 14.8. The zero-order valence-corrected chi connectivity index (χ0v) is 8.76. The first kappa shape index (κ1) is 11.1. The van der Waals surface area contributed by atoms with Crippen LogP contribution in [0, 0.1) is 5.82 Å². The van der Waals surface area contributed by atoms with Gasteiger partial charge in [-0.2, -0.15) is 0 Å². The van der Waals surface area contributed by atoms with E-state index in [1.165, 1.54) is 29.0 Å². The highest BCUT2D eigenvalue weighted by atomic mass is 19.1. The highest BCUT2D eigenvalue weighted by Gasteiger charge is 2.09. The summed E-state index contributed by atoms with van der Waals surface area (Å²) in [6.07, 6.45) is 1.51. The molecule has 5 heteroatoms. The van der Waals surface area contributed by atoms with Gasteiger partial charge in [0, 0.05) is 12.3 Å². The first-order valence-corrected chi connectivity index (χ1v) is 4.87. The predicted molar refractivity (Wildman–Crippen MR) is 60.5 cm³/mol. The maximum absolute atomic E-state index is 13.5. The van der Waals surface area contributed by atoms with Gasteiger partial charge in [-0.1, -0.05) is 6.07 Å². The van der Waals surface area contributed by atoms with Crippen LogP contribution in [0.5, 0.6) is 0 Å². The van der Waals surface area contributed by atoms with E-state index in [1.54, 1.807) is 12.1 Å². The molecule has 0 aliphatic heterocycles. The van der Waals surface area contributed by atoms with Gasteiger partial charge in [0.15, 0.2) is 0 Å². The molecule has 1 amide bonds. The third kappa shape index (κ3) is 2.08. The van der Waals surface area contributed by atoms with Crippen molar-refractivity contribution in [3.8, 4) is 5.69 Å². The highest BCUT2D eigenvalue weighted by Crippen LogP contribution is 2.12. The van der Waals surface area contributed by atoms with E-state index in [0.29, 0.717) is 5.69 Å². The third-order valence-corrected chi connectivity index (χ3v) is 2.32. The van der Waals surface area contributed by atoms with Gasteiger partial charge in [-0.05, 0) is 24.3 Å². The minimum Gasteiger partial charge on any atom is -0.366 e. The molecule has 0 fully saturated rings. The topological polar surface area (TPSA) is 65.1 Å². The van der Waals surface area contributed by atoms with Crippen molar-refractivity contribution in [3.63, 3.8) is 0 Å². The van der Waals surface area contributed by atoms with Crippen LogP contribution in [0.4, 0.5) is 4.39 Å². The summed E-state index contributed by atoms with van der Waals surface area (Å²) in [5.41, 5.74) is 4.86. The maximum atomic E-state index is 13.5. The van der Waals surface area contributed by atoms with Crippen LogP contribution in [0.25, 0.3) is 5.69 Å². The summed E-state index contributed by atoms with van der Waals surface area (Å²) in [6, 6.07) is 8.42. The Labute approximate surface area is 96.1 Å². The number of nitrogens with two attached hydrogens (primary N) is 1. The predicted octanol–water partition coefficient (Wildman–Crippen LogP) is 1.08. The number of hydrogen-bond donors (Lipinski definition) is 1. The molecule has 0 atom stereocenters. The molecule has 86 valence electrons. The Bertz CT molecular complexity index is 634. The maximum Gasteiger partial charge on any atom is 0.255 e. The van der Waals surface area contributed by atoms with Crippen LogP contribution in [-0.2, 0) is 0 Å². The summed E-state index contributed by atoms with van der Waals surface area (Å²) >= 11 is 0. The molecule has 17 heavy (non-hydrogen) atoms. The number of hydrogen-bond acceptors (Lipinski definition) is 2. The number of amides is 1. The van der Waals surface area contributed by atoms with Gasteiger partial charge in [0.25, 0.3) is 11.5 Å². The molecule has 0 aliphatic rings. The Morgan fingerprint density at radius 1 is 1.24 bits per heavy atom. The molecule has 4 nitrogen and oxygen atoms in total. The minimum atomic E-state index is -0.838. The van der Waals surface area contributed by atoms with Crippen molar-refractivity contribution in [1.82, 2.24) is 4.57 Å². The molecule has 2 N–H and O–H groups in total. The van der Waals surface area contributed by atoms with E-state index in [0.717, 1.165) is 6.07 Å². The molecule has 1 aromatic carbocycles. The van der Waals surface area contributed by atoms with Gasteiger partial charge in [-0.3, -0.25) is 14.2 Å². The number of benzene rings is 1. The largest absolute Gasteiger partial charge is 0.366 e. The van der Waals surface area contributed by atoms with Gasteiger partial charge in [-0.15, -0.1) is 0 Å². The standard InChI is InChI=1S/C12H9FN2O2/c13-10-7-8(4-5-9(10)12(14)17)15-6-2-1-3-11(15)16/h1-7H,(H2,14,17). The summed E-state index contributed by atoms with van der Waals surface area (Å²) in [5, 5.41) is 0. The molecule has 2 aromatic rings. The van der Waals surface area contributed by atoms with Crippen LogP contribution in [0.3, 0.4) is 0 Å². The van der Waals surface area contributed by atoms with Gasteiger partial charge in [0.1, 0.15) is 5.82 Å². The fraction of sp³-hybridized carbons (Fsp3) is 0. The molecular formula is C12H9FN2O2. The number of rotatable bonds is 2. The van der Waals surface area contributed by atoms with Crippen LogP contribution < -0.4 is 11.3 Å². The van der Waals surface area contributed by atoms with E-state index >= 15 is 0 Å². The Kier molecular flexibility index (Phi) is 2.74. The van der Waals surface area contributed by atoms with Crippen molar-refractivity contribution in [1.29, 1.82) is 0 Å². The van der Waals surface area contributed by atoms with Gasteiger partial charge in [0.2, 0.25) is 0 Å². The minimum absolute atomic E-state index is 0.197. The average Bonchev–Trinajstić information content (AvgIpc) is 2.29. The summed E-state index contributed by atoms with van der Waals surface area (Å²) in [6.45, 7) is 0. The average molecular weight is 232 g/mol. The van der Waals surface area contributed by atoms with Crippen molar-refractivity contribution in [3.05, 3.63) is 64.3 Å². The van der Waals surface area contributed by atoms with Crippen molar-refractivity contribution in [2.75, 3.05) is 0 Å². The van der Waals surface area contributed by atoms with Gasteiger partial charge >= 0.3 is 0 Å². The molecule has 0 aliphatic carbocycles. The zero-order chi connectivity index (χ0) is 12.4. The number of pyridine rings is 1. The lowest BCUT2D eigenvalue weighted by Crippen LogP contribution is -2.17. The quantitative estimate of drug-likeness (QED) is 0.841. The summed E-state index contributed by atoms with van der Waals surface area (Å²) in [7, 11) is 0. The van der Waals surface area contributed by atoms with E-state index in [4.69, 9.17) is 5.73 Å². The lowest BCUT2D eigenvalue weighted by Gasteiger charge is -2.06. The molecule has 0 saturated carbocycles. The van der Waals surface area contributed by atoms with Crippen LogP contribution in [0.2, 0.25) is 0 Å². The van der Waals surface area contributed by atoms with Crippen molar-refractivity contribution < 1.29 is 9.18 Å². The number of carbonyl (C=O) groups is 1. The van der Waals surface area contributed by atoms with Gasteiger partial charge in [0.05, 0.1) is 11.3 Å². The van der Waals surface area contributed by atoms with Crippen LogP contribution in [-0.4, -0.2) is 10.5 Å². The lowest BCUT2D eigenvalue weighted by molar-refractivity contribution is 0.0996. The van der Waals surface area contributed by atoms with E-state index in [9.17, 15) is 14.0 Å². The zero-order valence-electron chi connectivity index (χ0n) is 8.76. The molecule has 0 radical (unpaired) electrons. The summed E-state index contributed by atoms with van der Waals surface area (Å²) in [4.78, 5) is 22.3.